The smallest absolute Gasteiger partial charge is 0.251 e. The van der Waals surface area contributed by atoms with Crippen LogP contribution in [-0.4, -0.2) is 46.5 Å². The zero-order chi connectivity index (χ0) is 21.3. The van der Waals surface area contributed by atoms with Gasteiger partial charge in [-0.05, 0) is 41.9 Å². The Labute approximate surface area is 185 Å². The molecule has 3 N–H and O–H groups in total. The van der Waals surface area contributed by atoms with Crippen molar-refractivity contribution in [2.45, 2.75) is 71.0 Å². The predicted octanol–water partition coefficient (Wildman–Crippen LogP) is 3.52. The van der Waals surface area contributed by atoms with Gasteiger partial charge in [0.15, 0.2) is 0 Å². The number of halogens is 1. The second-order valence-electron chi connectivity index (χ2n) is 9.59. The lowest BCUT2D eigenvalue weighted by Crippen LogP contribution is -2.52. The lowest BCUT2D eigenvalue weighted by molar-refractivity contribution is -0.134. The fraction of sp³-hybridized carbons (Fsp3) is 0.565. The van der Waals surface area contributed by atoms with Crippen molar-refractivity contribution in [3.05, 3.63) is 47.4 Å². The van der Waals surface area contributed by atoms with Gasteiger partial charge < -0.3 is 20.6 Å². The second-order valence-corrected chi connectivity index (χ2v) is 9.59. The van der Waals surface area contributed by atoms with Crippen LogP contribution < -0.4 is 10.6 Å². The molecule has 0 radical (unpaired) electrons. The third kappa shape index (κ3) is 5.09. The first-order chi connectivity index (χ1) is 13.6. The zero-order valence-electron chi connectivity index (χ0n) is 18.4. The molecular weight excluding hydrogens is 402 g/mol. The van der Waals surface area contributed by atoms with E-state index in [1.165, 1.54) is 0 Å². The van der Waals surface area contributed by atoms with Gasteiger partial charge in [0, 0.05) is 18.3 Å². The summed E-state index contributed by atoms with van der Waals surface area (Å²) in [6, 6.07) is 6.66. The molecule has 166 valence electrons. The Morgan fingerprint density at radius 1 is 1.23 bits per heavy atom. The first-order valence-corrected chi connectivity index (χ1v) is 10.4. The van der Waals surface area contributed by atoms with Gasteiger partial charge in [0.25, 0.3) is 5.91 Å². The highest BCUT2D eigenvalue weighted by molar-refractivity contribution is 5.97. The van der Waals surface area contributed by atoms with Gasteiger partial charge in [0.2, 0.25) is 5.91 Å². The van der Waals surface area contributed by atoms with Crippen molar-refractivity contribution in [3.8, 4) is 0 Å². The molecule has 1 saturated heterocycles. The van der Waals surface area contributed by atoms with Gasteiger partial charge in [-0.3, -0.25) is 9.59 Å². The van der Waals surface area contributed by atoms with Crippen molar-refractivity contribution in [3.63, 3.8) is 0 Å². The number of aliphatic hydroxyl groups excluding tert-OH is 1. The Balaban J connectivity index is 0.00000320. The monoisotopic (exact) mass is 435 g/mol. The number of benzene rings is 1. The topological polar surface area (TPSA) is 81.7 Å². The van der Waals surface area contributed by atoms with Crippen molar-refractivity contribution in [1.29, 1.82) is 0 Å². The summed E-state index contributed by atoms with van der Waals surface area (Å²) in [4.78, 5) is 27.8. The number of aliphatic hydroxyl groups is 1. The predicted molar refractivity (Wildman–Crippen MR) is 121 cm³/mol. The molecule has 0 aliphatic carbocycles. The molecule has 2 unspecified atom stereocenters. The van der Waals surface area contributed by atoms with Crippen LogP contribution in [0.25, 0.3) is 0 Å². The molecule has 6 nitrogen and oxygen atoms in total. The summed E-state index contributed by atoms with van der Waals surface area (Å²) < 4.78 is 0. The number of likely N-dealkylation sites (tertiary alicyclic amines) is 1. The summed E-state index contributed by atoms with van der Waals surface area (Å²) >= 11 is 0. The molecule has 1 aromatic rings. The minimum absolute atomic E-state index is 0. The Kier molecular flexibility index (Phi) is 7.45. The van der Waals surface area contributed by atoms with Crippen molar-refractivity contribution in [1.82, 2.24) is 15.5 Å². The van der Waals surface area contributed by atoms with Crippen LogP contribution >= 0.6 is 12.4 Å². The summed E-state index contributed by atoms with van der Waals surface area (Å²) in [5, 5.41) is 16.2. The van der Waals surface area contributed by atoms with Crippen LogP contribution in [0.1, 0.15) is 63.4 Å². The van der Waals surface area contributed by atoms with Crippen LogP contribution in [-0.2, 0) is 10.2 Å². The normalized spacial score (nSPS) is 21.4. The van der Waals surface area contributed by atoms with Gasteiger partial charge in [-0.1, -0.05) is 46.8 Å². The van der Waals surface area contributed by atoms with Crippen molar-refractivity contribution in [2.24, 2.45) is 5.92 Å². The van der Waals surface area contributed by atoms with Crippen LogP contribution in [0.2, 0.25) is 0 Å². The van der Waals surface area contributed by atoms with E-state index in [4.69, 9.17) is 0 Å². The maximum Gasteiger partial charge on any atom is 0.251 e. The minimum Gasteiger partial charge on any atom is -0.509 e. The SMILES string of the molecule is CC(C)C[C@H](NC(=O)c1ccc(C(C)(C)C)cc1)C(=O)N1CCC2NC=C(O)C21.Cl. The number of nitrogens with one attached hydrogen (secondary N) is 2. The molecule has 3 rings (SSSR count). The van der Waals surface area contributed by atoms with Gasteiger partial charge in [-0.2, -0.15) is 0 Å². The molecule has 7 heteroatoms. The average molecular weight is 436 g/mol. The molecule has 2 amide bonds. The molecule has 0 bridgehead atoms. The van der Waals surface area contributed by atoms with E-state index < -0.39 is 6.04 Å². The summed E-state index contributed by atoms with van der Waals surface area (Å²) in [6.07, 6.45) is 2.91. The quantitative estimate of drug-likeness (QED) is 0.660. The number of nitrogens with zero attached hydrogens (tertiary/aromatic N) is 1. The molecule has 30 heavy (non-hydrogen) atoms. The highest BCUT2D eigenvalue weighted by Gasteiger charge is 2.44. The third-order valence-electron chi connectivity index (χ3n) is 5.75. The fourth-order valence-corrected chi connectivity index (χ4v) is 4.11. The molecule has 2 aliphatic rings. The summed E-state index contributed by atoms with van der Waals surface area (Å²) in [5.74, 6) is 0.0593. The van der Waals surface area contributed by atoms with Crippen LogP contribution in [0.3, 0.4) is 0 Å². The maximum absolute atomic E-state index is 13.3. The van der Waals surface area contributed by atoms with E-state index in [2.05, 4.69) is 31.4 Å². The number of carbonyl (C=O) groups is 2. The van der Waals surface area contributed by atoms with Gasteiger partial charge >= 0.3 is 0 Å². The summed E-state index contributed by atoms with van der Waals surface area (Å²) in [7, 11) is 0. The van der Waals surface area contributed by atoms with E-state index in [0.29, 0.717) is 18.5 Å². The van der Waals surface area contributed by atoms with E-state index in [1.807, 2.05) is 38.1 Å². The third-order valence-corrected chi connectivity index (χ3v) is 5.75. The van der Waals surface area contributed by atoms with E-state index in [0.717, 1.165) is 12.0 Å². The van der Waals surface area contributed by atoms with Gasteiger partial charge in [0.05, 0.1) is 6.04 Å². The Morgan fingerprint density at radius 2 is 1.87 bits per heavy atom. The largest absolute Gasteiger partial charge is 0.509 e. The maximum atomic E-state index is 13.3. The number of rotatable bonds is 5. The van der Waals surface area contributed by atoms with Crippen molar-refractivity contribution in [2.75, 3.05) is 6.54 Å². The molecule has 2 heterocycles. The van der Waals surface area contributed by atoms with Crippen LogP contribution in [0, 0.1) is 5.92 Å². The lowest BCUT2D eigenvalue weighted by atomic mass is 9.86. The van der Waals surface area contributed by atoms with Crippen LogP contribution in [0.5, 0.6) is 0 Å². The van der Waals surface area contributed by atoms with Gasteiger partial charge in [-0.25, -0.2) is 0 Å². The average Bonchev–Trinajstić information content (AvgIpc) is 3.23. The Hall–Kier alpha value is -2.21. The molecule has 3 atom stereocenters. The fourth-order valence-electron chi connectivity index (χ4n) is 4.11. The highest BCUT2D eigenvalue weighted by atomic mass is 35.5. The second kappa shape index (κ2) is 9.29. The van der Waals surface area contributed by atoms with Gasteiger partial charge in [-0.15, -0.1) is 12.4 Å². The number of hydrogen-bond donors (Lipinski definition) is 3. The highest BCUT2D eigenvalue weighted by Crippen LogP contribution is 2.28. The van der Waals surface area contributed by atoms with Crippen molar-refractivity contribution >= 4 is 24.2 Å². The van der Waals surface area contributed by atoms with E-state index in [9.17, 15) is 14.7 Å². The summed E-state index contributed by atoms with van der Waals surface area (Å²) in [6.45, 7) is 11.0. The van der Waals surface area contributed by atoms with E-state index in [1.54, 1.807) is 11.1 Å². The van der Waals surface area contributed by atoms with Crippen molar-refractivity contribution < 1.29 is 14.7 Å². The van der Waals surface area contributed by atoms with Crippen LogP contribution in [0.4, 0.5) is 0 Å². The Morgan fingerprint density at radius 3 is 2.43 bits per heavy atom. The van der Waals surface area contributed by atoms with Gasteiger partial charge in [0.1, 0.15) is 17.8 Å². The Bertz CT molecular complexity index is 799. The molecule has 2 aliphatic heterocycles. The molecular formula is C23H34ClN3O3. The standard InChI is InChI=1S/C23H33N3O3.ClH/c1-14(2)12-18(22(29)26-11-10-17-20(26)19(27)13-24-17)25-21(28)15-6-8-16(9-7-15)23(3,4)5;/h6-9,13-14,17-18,20,24,27H,10-12H2,1-5H3,(H,25,28);1H/t17?,18-,20?;/m0./s1. The molecule has 0 saturated carbocycles. The van der Waals surface area contributed by atoms with Crippen LogP contribution in [0.15, 0.2) is 36.2 Å². The first-order valence-electron chi connectivity index (χ1n) is 10.4. The van der Waals surface area contributed by atoms with E-state index >= 15 is 0 Å². The van der Waals surface area contributed by atoms with E-state index in [-0.39, 0.29) is 53.4 Å². The zero-order valence-corrected chi connectivity index (χ0v) is 19.3. The number of fused-ring (bicyclic) bond motifs is 1. The number of hydrogen-bond acceptors (Lipinski definition) is 4. The molecule has 0 spiro atoms. The molecule has 1 aromatic carbocycles. The molecule has 0 aromatic heterocycles. The first kappa shape index (κ1) is 24.1. The number of carbonyl (C=O) groups excluding carboxylic acids is 2. The molecule has 1 fully saturated rings. The lowest BCUT2D eigenvalue weighted by Gasteiger charge is -2.29. The summed E-state index contributed by atoms with van der Waals surface area (Å²) in [5.41, 5.74) is 1.72. The minimum atomic E-state index is -0.614. The number of amides is 2.